The number of amides is 2. The molecule has 0 saturated heterocycles. The number of rotatable bonds is 10. The Balaban J connectivity index is 2.02. The maximum Gasteiger partial charge on any atom is 0.264 e. The summed E-state index contributed by atoms with van der Waals surface area (Å²) in [6, 6.07) is 18.5. The van der Waals surface area contributed by atoms with E-state index >= 15 is 0 Å². The Hall–Kier alpha value is -3.08. The van der Waals surface area contributed by atoms with Gasteiger partial charge in [-0.25, -0.2) is 8.42 Å². The highest BCUT2D eigenvalue weighted by molar-refractivity contribution is 9.10. The summed E-state index contributed by atoms with van der Waals surface area (Å²) in [6.45, 7) is 1.16. The number of ether oxygens (including phenoxy) is 1. The van der Waals surface area contributed by atoms with E-state index in [1.54, 1.807) is 19.1 Å². The lowest BCUT2D eigenvalue weighted by molar-refractivity contribution is -0.139. The molecule has 1 unspecified atom stereocenters. The fraction of sp³-hybridized carbons (Fsp3) is 0.231. The second-order valence-corrected chi connectivity index (χ2v) is 11.3. The van der Waals surface area contributed by atoms with Crippen molar-refractivity contribution in [1.82, 2.24) is 10.2 Å². The number of carbonyl (C=O) groups excluding carboxylic acids is 2. The van der Waals surface area contributed by atoms with Crippen molar-refractivity contribution < 1.29 is 22.7 Å². The van der Waals surface area contributed by atoms with Gasteiger partial charge >= 0.3 is 0 Å². The third-order valence-corrected chi connectivity index (χ3v) is 8.23. The molecule has 1 atom stereocenters. The van der Waals surface area contributed by atoms with Gasteiger partial charge in [-0.1, -0.05) is 39.7 Å². The van der Waals surface area contributed by atoms with Gasteiger partial charge in [0.2, 0.25) is 11.8 Å². The number of sulfonamides is 1. The molecule has 0 aromatic heterocycles. The molecule has 0 aliphatic carbocycles. The van der Waals surface area contributed by atoms with Crippen molar-refractivity contribution in [2.75, 3.05) is 25.0 Å². The quantitative estimate of drug-likeness (QED) is 0.367. The molecular formula is C26H27BrClN3O5S. The molecule has 1 N–H and O–H groups in total. The highest BCUT2D eigenvalue weighted by Gasteiger charge is 2.32. The number of halogens is 2. The monoisotopic (exact) mass is 607 g/mol. The lowest BCUT2D eigenvalue weighted by Crippen LogP contribution is -2.50. The number of nitrogens with one attached hydrogen (secondary N) is 1. The third kappa shape index (κ3) is 7.03. The standard InChI is InChI=1S/C26H27BrClN3O5S/c1-18(26(33)29-2)30(16-19-5-4-6-20(27)15-19)25(32)17-31(22-9-7-21(28)8-10-22)37(34,35)24-13-11-23(36-3)12-14-24/h4-15,18H,16-17H2,1-3H3,(H,29,33). The summed E-state index contributed by atoms with van der Waals surface area (Å²) in [5, 5.41) is 2.97. The van der Waals surface area contributed by atoms with Crippen LogP contribution in [0, 0.1) is 0 Å². The van der Waals surface area contributed by atoms with Crippen molar-refractivity contribution in [1.29, 1.82) is 0 Å². The number of likely N-dealkylation sites (N-methyl/N-ethyl adjacent to an activating group) is 1. The van der Waals surface area contributed by atoms with Crippen LogP contribution in [0.5, 0.6) is 5.75 Å². The largest absolute Gasteiger partial charge is 0.497 e. The van der Waals surface area contributed by atoms with Crippen LogP contribution in [0.4, 0.5) is 5.69 Å². The SMILES string of the molecule is CNC(=O)C(C)N(Cc1cccc(Br)c1)C(=O)CN(c1ccc(Cl)cc1)S(=O)(=O)c1ccc(OC)cc1. The number of hydrogen-bond acceptors (Lipinski definition) is 5. The Morgan fingerprint density at radius 3 is 2.27 bits per heavy atom. The van der Waals surface area contributed by atoms with E-state index in [-0.39, 0.29) is 23.0 Å². The molecule has 2 amide bonds. The average Bonchev–Trinajstić information content (AvgIpc) is 2.90. The number of benzene rings is 3. The minimum absolute atomic E-state index is 0.0195. The predicted molar refractivity (Wildman–Crippen MR) is 147 cm³/mol. The summed E-state index contributed by atoms with van der Waals surface area (Å²) in [4.78, 5) is 27.6. The highest BCUT2D eigenvalue weighted by atomic mass is 79.9. The minimum Gasteiger partial charge on any atom is -0.497 e. The lowest BCUT2D eigenvalue weighted by Gasteiger charge is -2.31. The molecule has 0 aliphatic heterocycles. The van der Waals surface area contributed by atoms with Gasteiger partial charge in [0, 0.05) is 23.1 Å². The average molecular weight is 609 g/mol. The second kappa shape index (κ2) is 12.4. The molecule has 0 aliphatic rings. The minimum atomic E-state index is -4.17. The first-order valence-electron chi connectivity index (χ1n) is 11.2. The van der Waals surface area contributed by atoms with Crippen LogP contribution in [0.25, 0.3) is 0 Å². The van der Waals surface area contributed by atoms with E-state index in [1.807, 2.05) is 24.3 Å². The summed E-state index contributed by atoms with van der Waals surface area (Å²) < 4.78 is 34.4. The Labute approximate surface area is 230 Å². The van der Waals surface area contributed by atoms with Crippen molar-refractivity contribution in [2.24, 2.45) is 0 Å². The first-order valence-corrected chi connectivity index (χ1v) is 13.9. The number of anilines is 1. The molecule has 3 aromatic carbocycles. The Kier molecular flexibility index (Phi) is 9.58. The lowest BCUT2D eigenvalue weighted by atomic mass is 10.1. The van der Waals surface area contributed by atoms with Crippen molar-refractivity contribution in [3.63, 3.8) is 0 Å². The van der Waals surface area contributed by atoms with E-state index in [4.69, 9.17) is 16.3 Å². The van der Waals surface area contributed by atoms with Crippen molar-refractivity contribution in [2.45, 2.75) is 24.4 Å². The molecule has 0 saturated carbocycles. The number of nitrogens with zero attached hydrogens (tertiary/aromatic N) is 2. The van der Waals surface area contributed by atoms with E-state index in [0.717, 1.165) is 14.3 Å². The fourth-order valence-electron chi connectivity index (χ4n) is 3.63. The first-order chi connectivity index (χ1) is 17.6. The van der Waals surface area contributed by atoms with Crippen LogP contribution in [0.1, 0.15) is 12.5 Å². The van der Waals surface area contributed by atoms with Gasteiger partial charge in [-0.15, -0.1) is 0 Å². The molecule has 196 valence electrons. The molecule has 0 spiro atoms. The normalized spacial score (nSPS) is 11.9. The van der Waals surface area contributed by atoms with Crippen molar-refractivity contribution in [3.8, 4) is 5.75 Å². The van der Waals surface area contributed by atoms with E-state index in [0.29, 0.717) is 10.8 Å². The van der Waals surface area contributed by atoms with Gasteiger partial charge in [-0.2, -0.15) is 0 Å². The van der Waals surface area contributed by atoms with Gasteiger partial charge in [0.15, 0.2) is 0 Å². The number of methoxy groups -OCH3 is 1. The van der Waals surface area contributed by atoms with Crippen LogP contribution in [-0.4, -0.2) is 51.9 Å². The van der Waals surface area contributed by atoms with Gasteiger partial charge in [0.05, 0.1) is 17.7 Å². The van der Waals surface area contributed by atoms with Crippen LogP contribution in [0.3, 0.4) is 0 Å². The highest BCUT2D eigenvalue weighted by Crippen LogP contribution is 2.27. The third-order valence-electron chi connectivity index (χ3n) is 5.70. The predicted octanol–water partition coefficient (Wildman–Crippen LogP) is 4.47. The Morgan fingerprint density at radius 1 is 1.05 bits per heavy atom. The van der Waals surface area contributed by atoms with Gasteiger partial charge in [-0.3, -0.25) is 13.9 Å². The zero-order chi connectivity index (χ0) is 27.2. The smallest absolute Gasteiger partial charge is 0.264 e. The molecular weight excluding hydrogens is 582 g/mol. The maximum atomic E-state index is 13.7. The summed E-state index contributed by atoms with van der Waals surface area (Å²) >= 11 is 9.44. The molecule has 37 heavy (non-hydrogen) atoms. The molecule has 0 fully saturated rings. The van der Waals surface area contributed by atoms with Gasteiger partial charge in [0.25, 0.3) is 10.0 Å². The van der Waals surface area contributed by atoms with Crippen LogP contribution in [0.2, 0.25) is 5.02 Å². The molecule has 3 rings (SSSR count). The maximum absolute atomic E-state index is 13.7. The zero-order valence-corrected chi connectivity index (χ0v) is 23.7. The van der Waals surface area contributed by atoms with E-state index in [1.165, 1.54) is 55.5 Å². The van der Waals surface area contributed by atoms with Crippen molar-refractivity contribution >= 4 is 55.1 Å². The number of hydrogen-bond donors (Lipinski definition) is 1. The molecule has 3 aromatic rings. The Bertz CT molecular complexity index is 1350. The molecule has 0 radical (unpaired) electrons. The summed E-state index contributed by atoms with van der Waals surface area (Å²) in [7, 11) is -1.21. The van der Waals surface area contributed by atoms with Gasteiger partial charge < -0.3 is 15.0 Å². The fourth-order valence-corrected chi connectivity index (χ4v) is 5.62. The van der Waals surface area contributed by atoms with Crippen LogP contribution in [-0.2, 0) is 26.2 Å². The molecule has 8 nitrogen and oxygen atoms in total. The van der Waals surface area contributed by atoms with Gasteiger partial charge in [-0.05, 0) is 73.2 Å². The zero-order valence-electron chi connectivity index (χ0n) is 20.5. The van der Waals surface area contributed by atoms with Crippen LogP contribution < -0.4 is 14.4 Å². The summed E-state index contributed by atoms with van der Waals surface area (Å²) in [5.74, 6) is -0.435. The Morgan fingerprint density at radius 2 is 1.70 bits per heavy atom. The summed E-state index contributed by atoms with van der Waals surface area (Å²) in [5.41, 5.74) is 1.03. The molecule has 11 heteroatoms. The molecule has 0 bridgehead atoms. The van der Waals surface area contributed by atoms with Crippen molar-refractivity contribution in [3.05, 3.63) is 87.9 Å². The topological polar surface area (TPSA) is 96.0 Å². The van der Waals surface area contributed by atoms with E-state index < -0.39 is 28.5 Å². The van der Waals surface area contributed by atoms with Crippen LogP contribution in [0.15, 0.2) is 82.2 Å². The molecule has 0 heterocycles. The van der Waals surface area contributed by atoms with E-state index in [9.17, 15) is 18.0 Å². The number of carbonyl (C=O) groups is 2. The van der Waals surface area contributed by atoms with Gasteiger partial charge in [0.1, 0.15) is 18.3 Å². The first kappa shape index (κ1) is 28.5. The second-order valence-electron chi connectivity index (χ2n) is 8.11. The van der Waals surface area contributed by atoms with Crippen LogP contribution >= 0.6 is 27.5 Å². The summed E-state index contributed by atoms with van der Waals surface area (Å²) in [6.07, 6.45) is 0. The van der Waals surface area contributed by atoms with E-state index in [2.05, 4.69) is 21.2 Å².